The number of anilines is 1. The van der Waals surface area contributed by atoms with Crippen LogP contribution in [0.25, 0.3) is 0 Å². The third-order valence-corrected chi connectivity index (χ3v) is 1.96. The lowest BCUT2D eigenvalue weighted by atomic mass is 10.3. The molecule has 1 atom stereocenters. The van der Waals surface area contributed by atoms with Gasteiger partial charge in [0.2, 0.25) is 0 Å². The summed E-state index contributed by atoms with van der Waals surface area (Å²) in [7, 11) is 0. The molecule has 1 N–H and O–H groups in total. The SMILES string of the molecule is O=S([O-])OCCCNc1ccccc1. The van der Waals surface area contributed by atoms with Crippen LogP contribution in [-0.2, 0) is 15.5 Å². The van der Waals surface area contributed by atoms with Crippen molar-refractivity contribution in [2.24, 2.45) is 0 Å². The first-order chi connectivity index (χ1) is 6.79. The Morgan fingerprint density at radius 3 is 2.71 bits per heavy atom. The van der Waals surface area contributed by atoms with Gasteiger partial charge >= 0.3 is 0 Å². The number of benzene rings is 1. The normalized spacial score (nSPS) is 12.4. The van der Waals surface area contributed by atoms with Crippen LogP contribution in [0.15, 0.2) is 30.3 Å². The van der Waals surface area contributed by atoms with Crippen molar-refractivity contribution in [2.45, 2.75) is 6.42 Å². The molecule has 4 nitrogen and oxygen atoms in total. The van der Waals surface area contributed by atoms with Crippen molar-refractivity contribution in [1.82, 2.24) is 0 Å². The molecular weight excluding hydrogens is 202 g/mol. The second kappa shape index (κ2) is 6.53. The number of hydrogen-bond donors (Lipinski definition) is 1. The van der Waals surface area contributed by atoms with Gasteiger partial charge in [0, 0.05) is 12.2 Å². The van der Waals surface area contributed by atoms with Crippen molar-refractivity contribution in [3.05, 3.63) is 30.3 Å². The molecule has 1 aromatic carbocycles. The Bertz CT molecular complexity index is 279. The van der Waals surface area contributed by atoms with Gasteiger partial charge in [0.05, 0.1) is 18.0 Å². The van der Waals surface area contributed by atoms with E-state index in [1.165, 1.54) is 0 Å². The van der Waals surface area contributed by atoms with E-state index in [4.69, 9.17) is 0 Å². The molecule has 0 amide bonds. The molecule has 0 heterocycles. The van der Waals surface area contributed by atoms with E-state index < -0.39 is 11.4 Å². The molecule has 0 aliphatic carbocycles. The van der Waals surface area contributed by atoms with Crippen molar-refractivity contribution in [3.8, 4) is 0 Å². The zero-order valence-electron chi connectivity index (χ0n) is 7.64. The molecule has 5 heteroatoms. The summed E-state index contributed by atoms with van der Waals surface area (Å²) in [6.45, 7) is 0.914. The smallest absolute Gasteiger partial charge is 0.0842 e. The molecule has 0 aromatic heterocycles. The summed E-state index contributed by atoms with van der Waals surface area (Å²) < 4.78 is 24.3. The van der Waals surface area contributed by atoms with E-state index in [2.05, 4.69) is 9.50 Å². The summed E-state index contributed by atoms with van der Waals surface area (Å²) in [6.07, 6.45) is 0.656. The molecule has 1 rings (SSSR count). The number of para-hydroxylation sites is 1. The summed E-state index contributed by atoms with van der Waals surface area (Å²) in [5, 5.41) is 3.14. The second-order valence-electron chi connectivity index (χ2n) is 2.67. The molecule has 0 saturated carbocycles. The van der Waals surface area contributed by atoms with Gasteiger partial charge in [-0.05, 0) is 18.6 Å². The Hall–Kier alpha value is -0.910. The van der Waals surface area contributed by atoms with E-state index in [-0.39, 0.29) is 6.61 Å². The van der Waals surface area contributed by atoms with Crippen LogP contribution in [0.2, 0.25) is 0 Å². The highest BCUT2D eigenvalue weighted by Gasteiger charge is 1.90. The molecule has 0 aliphatic rings. The van der Waals surface area contributed by atoms with E-state index in [0.29, 0.717) is 13.0 Å². The largest absolute Gasteiger partial charge is 0.750 e. The van der Waals surface area contributed by atoms with Gasteiger partial charge in [0.15, 0.2) is 0 Å². The topological polar surface area (TPSA) is 61.4 Å². The number of rotatable bonds is 6. The minimum atomic E-state index is -2.39. The summed E-state index contributed by atoms with van der Waals surface area (Å²) in [5.41, 5.74) is 1.02. The van der Waals surface area contributed by atoms with Crippen LogP contribution in [0.1, 0.15) is 6.42 Å². The van der Waals surface area contributed by atoms with Crippen molar-refractivity contribution < 1.29 is 12.9 Å². The molecule has 0 saturated heterocycles. The molecule has 1 aromatic rings. The molecule has 0 radical (unpaired) electrons. The van der Waals surface area contributed by atoms with Gasteiger partial charge < -0.3 is 14.1 Å². The summed E-state index contributed by atoms with van der Waals surface area (Å²) in [6, 6.07) is 9.71. The van der Waals surface area contributed by atoms with Crippen molar-refractivity contribution in [1.29, 1.82) is 0 Å². The van der Waals surface area contributed by atoms with Crippen molar-refractivity contribution in [3.63, 3.8) is 0 Å². The summed E-state index contributed by atoms with van der Waals surface area (Å²) >= 11 is -2.39. The fourth-order valence-electron chi connectivity index (χ4n) is 0.988. The lowest BCUT2D eigenvalue weighted by Crippen LogP contribution is -2.06. The molecule has 78 valence electrons. The second-order valence-corrected chi connectivity index (χ2v) is 3.32. The highest BCUT2D eigenvalue weighted by atomic mass is 32.2. The van der Waals surface area contributed by atoms with Gasteiger partial charge in [0.25, 0.3) is 0 Å². The minimum absolute atomic E-state index is 0.218. The van der Waals surface area contributed by atoms with Crippen molar-refractivity contribution in [2.75, 3.05) is 18.5 Å². The van der Waals surface area contributed by atoms with E-state index in [0.717, 1.165) is 5.69 Å². The van der Waals surface area contributed by atoms with E-state index in [9.17, 15) is 8.76 Å². The predicted octanol–water partition coefficient (Wildman–Crippen LogP) is 1.30. The van der Waals surface area contributed by atoms with Gasteiger partial charge in [-0.2, -0.15) is 0 Å². The number of nitrogens with one attached hydrogen (secondary N) is 1. The number of hydrogen-bond acceptors (Lipinski definition) is 4. The monoisotopic (exact) mass is 214 g/mol. The maximum absolute atomic E-state index is 9.99. The summed E-state index contributed by atoms with van der Waals surface area (Å²) in [5.74, 6) is 0. The van der Waals surface area contributed by atoms with Crippen LogP contribution in [0, 0.1) is 0 Å². The lowest BCUT2D eigenvalue weighted by molar-refractivity contribution is 0.299. The van der Waals surface area contributed by atoms with Gasteiger partial charge in [0.1, 0.15) is 0 Å². The molecule has 0 spiro atoms. The fourth-order valence-corrected chi connectivity index (χ4v) is 1.24. The molecule has 0 fully saturated rings. The Kier molecular flexibility index (Phi) is 5.21. The first kappa shape index (κ1) is 11.2. The zero-order valence-corrected chi connectivity index (χ0v) is 8.46. The predicted molar refractivity (Wildman–Crippen MR) is 54.4 cm³/mol. The maximum atomic E-state index is 9.99. The average Bonchev–Trinajstić information content (AvgIpc) is 2.18. The third-order valence-electron chi connectivity index (χ3n) is 1.60. The van der Waals surface area contributed by atoms with Gasteiger partial charge in [-0.25, -0.2) is 4.21 Å². The van der Waals surface area contributed by atoms with Gasteiger partial charge in [-0.1, -0.05) is 18.2 Å². The molecular formula is C9H12NO3S-. The van der Waals surface area contributed by atoms with Crippen LogP contribution < -0.4 is 5.32 Å². The third kappa shape index (κ3) is 4.96. The lowest BCUT2D eigenvalue weighted by Gasteiger charge is -2.07. The Balaban J connectivity index is 2.08. The zero-order chi connectivity index (χ0) is 10.2. The first-order valence-corrected chi connectivity index (χ1v) is 5.30. The first-order valence-electron chi connectivity index (χ1n) is 4.30. The molecule has 0 bridgehead atoms. The minimum Gasteiger partial charge on any atom is -0.750 e. The van der Waals surface area contributed by atoms with Crippen LogP contribution in [0.5, 0.6) is 0 Å². The fraction of sp³-hybridized carbons (Fsp3) is 0.333. The molecule has 14 heavy (non-hydrogen) atoms. The summed E-state index contributed by atoms with van der Waals surface area (Å²) in [4.78, 5) is 0. The average molecular weight is 214 g/mol. The van der Waals surface area contributed by atoms with Crippen LogP contribution >= 0.6 is 0 Å². The maximum Gasteiger partial charge on any atom is 0.0842 e. The molecule has 1 unspecified atom stereocenters. The Labute approximate surface area is 85.8 Å². The van der Waals surface area contributed by atoms with E-state index in [1.807, 2.05) is 30.3 Å². The van der Waals surface area contributed by atoms with E-state index in [1.54, 1.807) is 0 Å². The highest BCUT2D eigenvalue weighted by molar-refractivity contribution is 7.74. The standard InChI is InChI=1S/C9H13NO3S/c11-14(12)13-8-4-7-10-9-5-2-1-3-6-9/h1-3,5-6,10H,4,7-8H2,(H,11,12)/p-1. The Morgan fingerprint density at radius 1 is 1.36 bits per heavy atom. The van der Waals surface area contributed by atoms with Crippen molar-refractivity contribution >= 4 is 17.0 Å². The Morgan fingerprint density at radius 2 is 2.07 bits per heavy atom. The van der Waals surface area contributed by atoms with E-state index >= 15 is 0 Å². The quantitative estimate of drug-likeness (QED) is 0.572. The molecule has 0 aliphatic heterocycles. The van der Waals surface area contributed by atoms with Gasteiger partial charge in [-0.3, -0.25) is 0 Å². The van der Waals surface area contributed by atoms with Crippen LogP contribution in [-0.4, -0.2) is 21.9 Å². The van der Waals surface area contributed by atoms with Gasteiger partial charge in [-0.15, -0.1) is 0 Å². The van der Waals surface area contributed by atoms with Crippen LogP contribution in [0.3, 0.4) is 0 Å². The highest BCUT2D eigenvalue weighted by Crippen LogP contribution is 2.04. The van der Waals surface area contributed by atoms with Crippen LogP contribution in [0.4, 0.5) is 5.69 Å².